The van der Waals surface area contributed by atoms with Crippen molar-refractivity contribution in [1.82, 2.24) is 0 Å². The molecule has 6 unspecified atom stereocenters. The van der Waals surface area contributed by atoms with Crippen molar-refractivity contribution in [3.63, 3.8) is 0 Å². The van der Waals surface area contributed by atoms with E-state index < -0.39 is 34.9 Å². The highest BCUT2D eigenvalue weighted by molar-refractivity contribution is 5.93. The Labute approximate surface area is 167 Å². The zero-order valence-electron chi connectivity index (χ0n) is 16.3. The number of allylic oxidation sites excluding steroid dienone is 3. The number of ether oxygens (including phenoxy) is 3. The molecule has 3 heterocycles. The Balaban J connectivity index is 1.63. The van der Waals surface area contributed by atoms with E-state index in [4.69, 9.17) is 18.6 Å². The average molecular weight is 398 g/mol. The van der Waals surface area contributed by atoms with E-state index in [1.807, 2.05) is 13.0 Å². The summed E-state index contributed by atoms with van der Waals surface area (Å²) < 4.78 is 22.0. The molecule has 4 aliphatic rings. The van der Waals surface area contributed by atoms with Crippen LogP contribution in [0, 0.1) is 22.7 Å². The lowest BCUT2D eigenvalue weighted by atomic mass is 9.46. The van der Waals surface area contributed by atoms with Gasteiger partial charge in [-0.2, -0.15) is 0 Å². The van der Waals surface area contributed by atoms with Crippen molar-refractivity contribution in [1.29, 1.82) is 0 Å². The van der Waals surface area contributed by atoms with Gasteiger partial charge in [0, 0.05) is 23.5 Å². The topological polar surface area (TPSA) is 92.0 Å². The molecule has 1 aromatic heterocycles. The molecule has 2 aliphatic heterocycles. The van der Waals surface area contributed by atoms with Crippen molar-refractivity contribution in [2.45, 2.75) is 38.9 Å². The molecule has 0 aromatic carbocycles. The van der Waals surface area contributed by atoms with Crippen molar-refractivity contribution in [3.8, 4) is 0 Å². The van der Waals surface area contributed by atoms with Crippen LogP contribution in [0.25, 0.3) is 0 Å². The minimum atomic E-state index is -0.684. The number of cyclic esters (lactones) is 2. The highest BCUT2D eigenvalue weighted by atomic mass is 16.6. The molecule has 3 fully saturated rings. The summed E-state index contributed by atoms with van der Waals surface area (Å²) in [6.07, 6.45) is 8.58. The highest BCUT2D eigenvalue weighted by Crippen LogP contribution is 2.65. The maximum atomic E-state index is 13.2. The van der Waals surface area contributed by atoms with Gasteiger partial charge in [-0.05, 0) is 30.2 Å². The molecule has 0 bridgehead atoms. The van der Waals surface area contributed by atoms with Crippen molar-refractivity contribution >= 4 is 17.9 Å². The first-order valence-electron chi connectivity index (χ1n) is 9.81. The summed E-state index contributed by atoms with van der Waals surface area (Å²) >= 11 is 0. The third kappa shape index (κ3) is 2.46. The van der Waals surface area contributed by atoms with Gasteiger partial charge in [0.2, 0.25) is 0 Å². The molecule has 1 aromatic rings. The molecule has 29 heavy (non-hydrogen) atoms. The zero-order chi connectivity index (χ0) is 20.4. The Morgan fingerprint density at radius 3 is 2.83 bits per heavy atom. The second-order valence-corrected chi connectivity index (χ2v) is 8.70. The van der Waals surface area contributed by atoms with Crippen molar-refractivity contribution in [2.75, 3.05) is 6.61 Å². The van der Waals surface area contributed by atoms with Gasteiger partial charge in [-0.1, -0.05) is 25.2 Å². The van der Waals surface area contributed by atoms with Crippen LogP contribution >= 0.6 is 0 Å². The first-order valence-corrected chi connectivity index (χ1v) is 9.81. The van der Waals surface area contributed by atoms with Crippen molar-refractivity contribution in [2.24, 2.45) is 22.7 Å². The van der Waals surface area contributed by atoms with Crippen molar-refractivity contribution in [3.05, 3.63) is 48.0 Å². The van der Waals surface area contributed by atoms with Crippen LogP contribution in [0.1, 0.15) is 38.4 Å². The van der Waals surface area contributed by atoms with Crippen LogP contribution in [-0.2, 0) is 28.6 Å². The predicted molar refractivity (Wildman–Crippen MR) is 98.0 cm³/mol. The molecular formula is C22H22O7. The number of carbonyl (C=O) groups excluding carboxylic acids is 3. The zero-order valence-corrected chi connectivity index (χ0v) is 16.3. The summed E-state index contributed by atoms with van der Waals surface area (Å²) in [6.45, 7) is 3.58. The third-order valence-corrected chi connectivity index (χ3v) is 7.11. The van der Waals surface area contributed by atoms with Crippen LogP contribution in [0.3, 0.4) is 0 Å². The summed E-state index contributed by atoms with van der Waals surface area (Å²) in [5.41, 5.74) is 0.173. The van der Waals surface area contributed by atoms with E-state index in [-0.39, 0.29) is 24.5 Å². The number of esters is 3. The molecule has 7 heteroatoms. The smallest absolute Gasteiger partial charge is 0.334 e. The molecule has 0 radical (unpaired) electrons. The first-order chi connectivity index (χ1) is 13.8. The normalized spacial score (nSPS) is 40.1. The van der Waals surface area contributed by atoms with E-state index >= 15 is 0 Å². The number of fused-ring (bicyclic) bond motifs is 2. The number of hydrogen-bond donors (Lipinski definition) is 0. The quantitative estimate of drug-likeness (QED) is 0.559. The van der Waals surface area contributed by atoms with Gasteiger partial charge in [-0.3, -0.25) is 9.59 Å². The summed E-state index contributed by atoms with van der Waals surface area (Å²) in [5.74, 6) is -1.93. The first kappa shape index (κ1) is 18.2. The van der Waals surface area contributed by atoms with Gasteiger partial charge < -0.3 is 18.6 Å². The fourth-order valence-corrected chi connectivity index (χ4v) is 6.03. The number of carbonyl (C=O) groups is 3. The number of rotatable bonds is 2. The molecule has 6 atom stereocenters. The molecule has 0 N–H and O–H groups in total. The second-order valence-electron chi connectivity index (χ2n) is 8.70. The largest absolute Gasteiger partial charge is 0.472 e. The van der Waals surface area contributed by atoms with Gasteiger partial charge >= 0.3 is 17.9 Å². The lowest BCUT2D eigenvalue weighted by Gasteiger charge is -2.58. The van der Waals surface area contributed by atoms with Gasteiger partial charge in [0.15, 0.2) is 0 Å². The molecular weight excluding hydrogens is 376 g/mol. The number of furan rings is 1. The van der Waals surface area contributed by atoms with E-state index in [0.29, 0.717) is 18.4 Å². The van der Waals surface area contributed by atoms with Crippen LogP contribution in [0.15, 0.2) is 46.8 Å². The maximum absolute atomic E-state index is 13.2. The molecule has 152 valence electrons. The molecule has 7 nitrogen and oxygen atoms in total. The average Bonchev–Trinajstić information content (AvgIpc) is 3.29. The third-order valence-electron chi connectivity index (χ3n) is 7.11. The van der Waals surface area contributed by atoms with Crippen molar-refractivity contribution < 1.29 is 33.0 Å². The molecule has 1 saturated carbocycles. The summed E-state index contributed by atoms with van der Waals surface area (Å²) in [7, 11) is 0. The Bertz CT molecular complexity index is 942. The Hall–Kier alpha value is -2.83. The summed E-state index contributed by atoms with van der Waals surface area (Å²) in [6, 6.07) is 1.79. The molecule has 1 spiro atoms. The van der Waals surface area contributed by atoms with Gasteiger partial charge in [-0.15, -0.1) is 0 Å². The van der Waals surface area contributed by atoms with Gasteiger partial charge in [0.05, 0.1) is 18.4 Å². The summed E-state index contributed by atoms with van der Waals surface area (Å²) in [5, 5.41) is 0. The second kappa shape index (κ2) is 6.08. The molecule has 2 aliphatic carbocycles. The van der Waals surface area contributed by atoms with Crippen LogP contribution in [0.5, 0.6) is 0 Å². The van der Waals surface area contributed by atoms with Gasteiger partial charge in [-0.25, -0.2) is 4.79 Å². The van der Waals surface area contributed by atoms with E-state index in [2.05, 4.69) is 6.08 Å². The fraction of sp³-hybridized carbons (Fsp3) is 0.500. The highest BCUT2D eigenvalue weighted by Gasteiger charge is 2.68. The standard InChI is InChI=1S/C22H22O7/c1-12(23)28-16-9-22-11-27-19(24)14(22)4-3-5-17(22)21(2)8-15(13-6-7-26-10-13)29-20(25)18(16)21/h3-7,10,15-18H,8-9,11H2,1-2H3. The molecule has 2 saturated heterocycles. The van der Waals surface area contributed by atoms with Crippen LogP contribution < -0.4 is 0 Å². The molecule has 5 rings (SSSR count). The predicted octanol–water partition coefficient (Wildman–Crippen LogP) is 2.88. The minimum absolute atomic E-state index is 0.125. The van der Waals surface area contributed by atoms with E-state index in [1.165, 1.54) is 6.92 Å². The summed E-state index contributed by atoms with van der Waals surface area (Å²) in [4.78, 5) is 37.5. The SMILES string of the molecule is CC(=O)OC1CC23COC(=O)C2=CC=CC3C2(C)CC(c3ccoc3)OC(=O)C12. The lowest BCUT2D eigenvalue weighted by molar-refractivity contribution is -0.210. The Morgan fingerprint density at radius 1 is 1.28 bits per heavy atom. The van der Waals surface area contributed by atoms with Crippen LogP contribution in [0.2, 0.25) is 0 Å². The van der Waals surface area contributed by atoms with E-state index in [1.54, 1.807) is 24.7 Å². The van der Waals surface area contributed by atoms with E-state index in [9.17, 15) is 14.4 Å². The maximum Gasteiger partial charge on any atom is 0.334 e. The fourth-order valence-electron chi connectivity index (χ4n) is 6.03. The van der Waals surface area contributed by atoms with Crippen LogP contribution in [-0.4, -0.2) is 30.6 Å². The van der Waals surface area contributed by atoms with Gasteiger partial charge in [0.1, 0.15) is 18.8 Å². The minimum Gasteiger partial charge on any atom is -0.472 e. The number of hydrogen-bond acceptors (Lipinski definition) is 7. The molecule has 0 amide bonds. The van der Waals surface area contributed by atoms with Gasteiger partial charge in [0.25, 0.3) is 0 Å². The van der Waals surface area contributed by atoms with Crippen LogP contribution in [0.4, 0.5) is 0 Å². The Morgan fingerprint density at radius 2 is 2.10 bits per heavy atom. The van der Waals surface area contributed by atoms with E-state index in [0.717, 1.165) is 5.56 Å². The lowest BCUT2D eigenvalue weighted by Crippen LogP contribution is -2.62. The monoisotopic (exact) mass is 398 g/mol. The Kier molecular flexibility index (Phi) is 3.82.